The molecule has 25 heavy (non-hydrogen) atoms. The van der Waals surface area contributed by atoms with Crippen molar-refractivity contribution in [2.75, 3.05) is 5.32 Å². The lowest BCUT2D eigenvalue weighted by molar-refractivity contribution is 0.0979. The molecular formula is C21H13NO3. The van der Waals surface area contributed by atoms with Crippen molar-refractivity contribution in [3.63, 3.8) is 0 Å². The maximum atomic E-state index is 12.7. The molecule has 4 heteroatoms. The monoisotopic (exact) mass is 327 g/mol. The van der Waals surface area contributed by atoms with Crippen LogP contribution in [0.1, 0.15) is 42.2 Å². The maximum absolute atomic E-state index is 12.7. The Kier molecular flexibility index (Phi) is 3.51. The van der Waals surface area contributed by atoms with Crippen LogP contribution in [-0.4, -0.2) is 17.5 Å². The first-order chi connectivity index (χ1) is 12.1. The molecule has 0 bridgehead atoms. The first-order valence-electron chi connectivity index (χ1n) is 7.84. The third-order valence-corrected chi connectivity index (χ3v) is 4.22. The molecule has 0 fully saturated rings. The van der Waals surface area contributed by atoms with Crippen LogP contribution in [0.5, 0.6) is 0 Å². The molecule has 0 saturated heterocycles. The highest BCUT2D eigenvalue weighted by Gasteiger charge is 2.29. The Balaban J connectivity index is 1.70. The second-order valence-corrected chi connectivity index (χ2v) is 5.78. The first kappa shape index (κ1) is 15.0. The van der Waals surface area contributed by atoms with Gasteiger partial charge in [-0.05, 0) is 30.3 Å². The van der Waals surface area contributed by atoms with Gasteiger partial charge in [0.2, 0.25) is 0 Å². The van der Waals surface area contributed by atoms with E-state index in [9.17, 15) is 14.4 Å². The molecular weight excluding hydrogens is 314 g/mol. The minimum absolute atomic E-state index is 0.175. The number of carbonyl (C=O) groups is 3. The Labute approximate surface area is 144 Å². The fraction of sp³-hybridized carbons (Fsp3) is 0. The summed E-state index contributed by atoms with van der Waals surface area (Å²) < 4.78 is 0. The van der Waals surface area contributed by atoms with Gasteiger partial charge in [-0.1, -0.05) is 42.5 Å². The molecule has 0 heterocycles. The first-order valence-corrected chi connectivity index (χ1v) is 7.84. The lowest BCUT2D eigenvalue weighted by atomic mass is 9.84. The van der Waals surface area contributed by atoms with Crippen molar-refractivity contribution in [3.05, 3.63) is 101 Å². The molecule has 0 radical (unpaired) electrons. The minimum Gasteiger partial charge on any atom is -0.322 e. The van der Waals surface area contributed by atoms with E-state index in [2.05, 4.69) is 5.32 Å². The van der Waals surface area contributed by atoms with Crippen molar-refractivity contribution in [2.24, 2.45) is 0 Å². The third kappa shape index (κ3) is 2.54. The van der Waals surface area contributed by atoms with Gasteiger partial charge in [0, 0.05) is 33.5 Å². The van der Waals surface area contributed by atoms with E-state index in [-0.39, 0.29) is 17.5 Å². The van der Waals surface area contributed by atoms with Gasteiger partial charge in [-0.2, -0.15) is 0 Å². The van der Waals surface area contributed by atoms with Crippen LogP contribution in [0.15, 0.2) is 72.8 Å². The van der Waals surface area contributed by atoms with E-state index in [1.165, 1.54) is 0 Å². The van der Waals surface area contributed by atoms with Crippen molar-refractivity contribution < 1.29 is 14.4 Å². The van der Waals surface area contributed by atoms with Crippen LogP contribution in [0.4, 0.5) is 5.69 Å². The quantitative estimate of drug-likeness (QED) is 0.610. The standard InChI is InChI=1S/C21H13NO3/c23-19-15-8-4-5-9-16(15)20(24)18-12-14(10-11-17(18)19)22-21(25)13-6-2-1-3-7-13/h1-12H,(H,22,25). The summed E-state index contributed by atoms with van der Waals surface area (Å²) in [7, 11) is 0. The average molecular weight is 327 g/mol. The third-order valence-electron chi connectivity index (χ3n) is 4.22. The molecule has 1 aliphatic rings. The van der Waals surface area contributed by atoms with Gasteiger partial charge in [0.05, 0.1) is 0 Å². The fourth-order valence-electron chi connectivity index (χ4n) is 2.97. The molecule has 0 saturated carbocycles. The van der Waals surface area contributed by atoms with Crippen molar-refractivity contribution in [2.45, 2.75) is 0 Å². The van der Waals surface area contributed by atoms with Gasteiger partial charge < -0.3 is 5.32 Å². The SMILES string of the molecule is O=C(Nc1ccc2c(c1)C(=O)c1ccccc1C2=O)c1ccccc1. The van der Waals surface area contributed by atoms with Gasteiger partial charge >= 0.3 is 0 Å². The summed E-state index contributed by atoms with van der Waals surface area (Å²) in [5.41, 5.74) is 2.49. The molecule has 0 aliphatic heterocycles. The van der Waals surface area contributed by atoms with Crippen LogP contribution < -0.4 is 5.32 Å². The summed E-state index contributed by atoms with van der Waals surface area (Å²) in [6.07, 6.45) is 0. The number of hydrogen-bond donors (Lipinski definition) is 1. The molecule has 3 aromatic carbocycles. The summed E-state index contributed by atoms with van der Waals surface area (Å²) in [5, 5.41) is 2.77. The highest BCUT2D eigenvalue weighted by atomic mass is 16.2. The molecule has 4 rings (SSSR count). The topological polar surface area (TPSA) is 63.2 Å². The number of amides is 1. The highest BCUT2D eigenvalue weighted by Crippen LogP contribution is 2.29. The van der Waals surface area contributed by atoms with E-state index < -0.39 is 0 Å². The van der Waals surface area contributed by atoms with E-state index in [0.717, 1.165) is 0 Å². The van der Waals surface area contributed by atoms with Gasteiger partial charge in [0.15, 0.2) is 11.6 Å². The number of fused-ring (bicyclic) bond motifs is 2. The zero-order chi connectivity index (χ0) is 17.4. The van der Waals surface area contributed by atoms with Gasteiger partial charge in [0.1, 0.15) is 0 Å². The molecule has 1 aliphatic carbocycles. The largest absolute Gasteiger partial charge is 0.322 e. The fourth-order valence-corrected chi connectivity index (χ4v) is 2.97. The molecule has 0 atom stereocenters. The summed E-state index contributed by atoms with van der Waals surface area (Å²) >= 11 is 0. The van der Waals surface area contributed by atoms with E-state index in [0.29, 0.717) is 33.5 Å². The molecule has 120 valence electrons. The number of rotatable bonds is 2. The number of anilines is 1. The van der Waals surface area contributed by atoms with Crippen molar-refractivity contribution in [1.29, 1.82) is 0 Å². The number of carbonyl (C=O) groups excluding carboxylic acids is 3. The molecule has 0 unspecified atom stereocenters. The van der Waals surface area contributed by atoms with Gasteiger partial charge in [-0.25, -0.2) is 0 Å². The predicted molar refractivity (Wildman–Crippen MR) is 94.1 cm³/mol. The van der Waals surface area contributed by atoms with E-state index in [4.69, 9.17) is 0 Å². The van der Waals surface area contributed by atoms with E-state index in [1.807, 2.05) is 6.07 Å². The number of hydrogen-bond acceptors (Lipinski definition) is 3. The van der Waals surface area contributed by atoms with Crippen molar-refractivity contribution in [3.8, 4) is 0 Å². The Bertz CT molecular complexity index is 1020. The lowest BCUT2D eigenvalue weighted by Gasteiger charge is -2.18. The second kappa shape index (κ2) is 5.83. The Morgan fingerprint density at radius 1 is 0.640 bits per heavy atom. The maximum Gasteiger partial charge on any atom is 0.255 e. The Morgan fingerprint density at radius 3 is 1.88 bits per heavy atom. The summed E-state index contributed by atoms with van der Waals surface area (Å²) in [5.74, 6) is -0.650. The normalized spacial score (nSPS) is 12.3. The number of nitrogens with one attached hydrogen (secondary N) is 1. The average Bonchev–Trinajstić information content (AvgIpc) is 2.67. The van der Waals surface area contributed by atoms with Crippen LogP contribution in [-0.2, 0) is 0 Å². The molecule has 1 amide bonds. The smallest absolute Gasteiger partial charge is 0.255 e. The van der Waals surface area contributed by atoms with Gasteiger partial charge in [-0.3, -0.25) is 14.4 Å². The van der Waals surface area contributed by atoms with Gasteiger partial charge in [-0.15, -0.1) is 0 Å². The zero-order valence-electron chi connectivity index (χ0n) is 13.2. The van der Waals surface area contributed by atoms with Crippen LogP contribution in [0.2, 0.25) is 0 Å². The summed E-state index contributed by atoms with van der Waals surface area (Å²) in [6.45, 7) is 0. The second-order valence-electron chi connectivity index (χ2n) is 5.78. The molecule has 4 nitrogen and oxygen atoms in total. The Morgan fingerprint density at radius 2 is 1.20 bits per heavy atom. The Hall–Kier alpha value is -3.53. The summed E-state index contributed by atoms with van der Waals surface area (Å²) in [4.78, 5) is 37.5. The zero-order valence-corrected chi connectivity index (χ0v) is 13.2. The van der Waals surface area contributed by atoms with Crippen LogP contribution in [0, 0.1) is 0 Å². The predicted octanol–water partition coefficient (Wildman–Crippen LogP) is 3.71. The molecule has 3 aromatic rings. The van der Waals surface area contributed by atoms with Gasteiger partial charge in [0.25, 0.3) is 5.91 Å². The van der Waals surface area contributed by atoms with Crippen LogP contribution in [0.3, 0.4) is 0 Å². The van der Waals surface area contributed by atoms with Crippen LogP contribution >= 0.6 is 0 Å². The van der Waals surface area contributed by atoms with E-state index >= 15 is 0 Å². The van der Waals surface area contributed by atoms with Crippen molar-refractivity contribution >= 4 is 23.2 Å². The molecule has 1 N–H and O–H groups in total. The minimum atomic E-state index is -0.268. The lowest BCUT2D eigenvalue weighted by Crippen LogP contribution is -2.21. The summed E-state index contributed by atoms with van der Waals surface area (Å²) in [6, 6.07) is 20.4. The molecule has 0 aromatic heterocycles. The number of ketones is 2. The number of benzene rings is 3. The van der Waals surface area contributed by atoms with Crippen LogP contribution in [0.25, 0.3) is 0 Å². The van der Waals surface area contributed by atoms with Crippen molar-refractivity contribution in [1.82, 2.24) is 0 Å². The highest BCUT2D eigenvalue weighted by molar-refractivity contribution is 6.28. The van der Waals surface area contributed by atoms with E-state index in [1.54, 1.807) is 66.7 Å². The molecule has 0 spiro atoms.